The summed E-state index contributed by atoms with van der Waals surface area (Å²) in [5, 5.41) is 18.1. The molecule has 0 bridgehead atoms. The van der Waals surface area contributed by atoms with Crippen molar-refractivity contribution in [1.29, 1.82) is 0 Å². The molecule has 0 heterocycles. The second-order valence-electron chi connectivity index (χ2n) is 8.18. The molecule has 0 spiro atoms. The standard InChI is InChI=1S/C26H36F2O3/c27-25-13-10-12-24(26(25)28)22-14-16-23(17-15-22)31-18-9-7-5-3-1-2-4-6-8-11-21(19-29)20-30/h10,12-17,21,29-30H,1-9,11,18-20H2. The fourth-order valence-corrected chi connectivity index (χ4v) is 3.66. The highest BCUT2D eigenvalue weighted by Gasteiger charge is 2.09. The van der Waals surface area contributed by atoms with Crippen molar-refractivity contribution in [2.75, 3.05) is 19.8 Å². The average molecular weight is 435 g/mol. The maximum Gasteiger partial charge on any atom is 0.166 e. The van der Waals surface area contributed by atoms with Gasteiger partial charge in [0.15, 0.2) is 11.6 Å². The first-order valence-corrected chi connectivity index (χ1v) is 11.5. The van der Waals surface area contributed by atoms with E-state index in [2.05, 4.69) is 0 Å². The lowest BCUT2D eigenvalue weighted by atomic mass is 10.0. The van der Waals surface area contributed by atoms with Crippen LogP contribution in [0.25, 0.3) is 11.1 Å². The average Bonchev–Trinajstić information content (AvgIpc) is 2.79. The van der Waals surface area contributed by atoms with Gasteiger partial charge < -0.3 is 14.9 Å². The Morgan fingerprint density at radius 2 is 1.29 bits per heavy atom. The van der Waals surface area contributed by atoms with Gasteiger partial charge in [0.2, 0.25) is 0 Å². The van der Waals surface area contributed by atoms with Gasteiger partial charge in [0.25, 0.3) is 0 Å². The fraction of sp³-hybridized carbons (Fsp3) is 0.538. The summed E-state index contributed by atoms with van der Waals surface area (Å²) in [6, 6.07) is 11.3. The van der Waals surface area contributed by atoms with Gasteiger partial charge >= 0.3 is 0 Å². The molecule has 5 heteroatoms. The first kappa shape index (κ1) is 25.3. The van der Waals surface area contributed by atoms with Crippen molar-refractivity contribution < 1.29 is 23.7 Å². The molecule has 3 nitrogen and oxygen atoms in total. The second-order valence-corrected chi connectivity index (χ2v) is 8.18. The molecular weight excluding hydrogens is 398 g/mol. The normalized spacial score (nSPS) is 11.3. The number of benzene rings is 2. The van der Waals surface area contributed by atoms with Crippen LogP contribution in [-0.2, 0) is 0 Å². The number of halogens is 2. The van der Waals surface area contributed by atoms with Gasteiger partial charge in [0.05, 0.1) is 6.61 Å². The van der Waals surface area contributed by atoms with Gasteiger partial charge in [-0.15, -0.1) is 0 Å². The second kappa shape index (κ2) is 14.9. The number of hydrogen-bond acceptors (Lipinski definition) is 3. The number of ether oxygens (including phenoxy) is 1. The number of rotatable bonds is 16. The monoisotopic (exact) mass is 434 g/mol. The van der Waals surface area contributed by atoms with Crippen LogP contribution in [-0.4, -0.2) is 30.0 Å². The lowest BCUT2D eigenvalue weighted by Gasteiger charge is -2.10. The fourth-order valence-electron chi connectivity index (χ4n) is 3.66. The van der Waals surface area contributed by atoms with Crippen LogP contribution in [0.2, 0.25) is 0 Å². The molecule has 172 valence electrons. The molecule has 0 aliphatic carbocycles. The Morgan fingerprint density at radius 1 is 0.710 bits per heavy atom. The van der Waals surface area contributed by atoms with Crippen LogP contribution >= 0.6 is 0 Å². The molecule has 0 unspecified atom stereocenters. The first-order valence-electron chi connectivity index (χ1n) is 11.5. The number of hydrogen-bond donors (Lipinski definition) is 2. The van der Waals surface area contributed by atoms with Gasteiger partial charge in [-0.2, -0.15) is 0 Å². The van der Waals surface area contributed by atoms with Gasteiger partial charge in [-0.1, -0.05) is 75.6 Å². The van der Waals surface area contributed by atoms with Crippen molar-refractivity contribution in [3.05, 3.63) is 54.1 Å². The summed E-state index contributed by atoms with van der Waals surface area (Å²) in [7, 11) is 0. The molecule has 0 amide bonds. The molecule has 2 aromatic carbocycles. The largest absolute Gasteiger partial charge is 0.494 e. The number of unbranched alkanes of at least 4 members (excludes halogenated alkanes) is 8. The first-order chi connectivity index (χ1) is 15.2. The minimum Gasteiger partial charge on any atom is -0.494 e. The Morgan fingerprint density at radius 3 is 1.90 bits per heavy atom. The Labute approximate surface area is 185 Å². The van der Waals surface area contributed by atoms with Gasteiger partial charge in [-0.3, -0.25) is 0 Å². The molecule has 0 saturated heterocycles. The van der Waals surface area contributed by atoms with Crippen molar-refractivity contribution >= 4 is 0 Å². The van der Waals surface area contributed by atoms with Crippen LogP contribution in [0.1, 0.15) is 64.2 Å². The summed E-state index contributed by atoms with van der Waals surface area (Å²) in [4.78, 5) is 0. The van der Waals surface area contributed by atoms with Crippen LogP contribution in [0.4, 0.5) is 8.78 Å². The van der Waals surface area contributed by atoms with E-state index in [0.717, 1.165) is 37.5 Å². The molecule has 0 saturated carbocycles. The van der Waals surface area contributed by atoms with Gasteiger partial charge in [0.1, 0.15) is 5.75 Å². The zero-order chi connectivity index (χ0) is 22.3. The van der Waals surface area contributed by atoms with Gasteiger partial charge in [-0.25, -0.2) is 8.78 Å². The van der Waals surface area contributed by atoms with E-state index >= 15 is 0 Å². The Kier molecular flexibility index (Phi) is 12.2. The van der Waals surface area contributed by atoms with E-state index in [9.17, 15) is 8.78 Å². The van der Waals surface area contributed by atoms with Crippen molar-refractivity contribution in [3.63, 3.8) is 0 Å². The predicted molar refractivity (Wildman–Crippen MR) is 121 cm³/mol. The molecule has 0 fully saturated rings. The summed E-state index contributed by atoms with van der Waals surface area (Å²) in [5.74, 6) is -0.873. The highest BCUT2D eigenvalue weighted by atomic mass is 19.2. The zero-order valence-electron chi connectivity index (χ0n) is 18.4. The Bertz CT molecular complexity index is 730. The lowest BCUT2D eigenvalue weighted by Crippen LogP contribution is -2.10. The van der Waals surface area contributed by atoms with Crippen LogP contribution in [0, 0.1) is 17.6 Å². The summed E-state index contributed by atoms with van der Waals surface area (Å²) in [6.45, 7) is 0.825. The van der Waals surface area contributed by atoms with E-state index in [1.807, 2.05) is 0 Å². The molecule has 0 aliphatic rings. The van der Waals surface area contributed by atoms with Crippen molar-refractivity contribution in [2.45, 2.75) is 64.2 Å². The highest BCUT2D eigenvalue weighted by molar-refractivity contribution is 5.64. The molecule has 2 aromatic rings. The SMILES string of the molecule is OCC(CO)CCCCCCCCCCCOc1ccc(-c2cccc(F)c2F)cc1. The molecule has 0 aromatic heterocycles. The van der Waals surface area contributed by atoms with Crippen molar-refractivity contribution in [2.24, 2.45) is 5.92 Å². The van der Waals surface area contributed by atoms with Crippen molar-refractivity contribution in [1.82, 2.24) is 0 Å². The predicted octanol–water partition coefficient (Wildman–Crippen LogP) is 6.51. The van der Waals surface area contributed by atoms with E-state index in [-0.39, 0.29) is 24.7 Å². The summed E-state index contributed by atoms with van der Waals surface area (Å²) in [5.41, 5.74) is 0.886. The Hall–Kier alpha value is -1.98. The summed E-state index contributed by atoms with van der Waals surface area (Å²) >= 11 is 0. The summed E-state index contributed by atoms with van der Waals surface area (Å²) < 4.78 is 33.0. The van der Waals surface area contributed by atoms with Crippen LogP contribution in [0.5, 0.6) is 5.75 Å². The lowest BCUT2D eigenvalue weighted by molar-refractivity contribution is 0.141. The smallest absolute Gasteiger partial charge is 0.166 e. The molecule has 2 rings (SSSR count). The Balaban J connectivity index is 1.49. The zero-order valence-corrected chi connectivity index (χ0v) is 18.4. The van der Waals surface area contributed by atoms with E-state index in [1.54, 1.807) is 30.3 Å². The van der Waals surface area contributed by atoms with Crippen LogP contribution in [0.3, 0.4) is 0 Å². The van der Waals surface area contributed by atoms with E-state index in [0.29, 0.717) is 12.2 Å². The minimum absolute atomic E-state index is 0.0524. The van der Waals surface area contributed by atoms with Crippen molar-refractivity contribution in [3.8, 4) is 16.9 Å². The third-order valence-electron chi connectivity index (χ3n) is 5.66. The van der Waals surface area contributed by atoms with E-state index in [4.69, 9.17) is 14.9 Å². The molecule has 0 aliphatic heterocycles. The topological polar surface area (TPSA) is 49.7 Å². The number of aliphatic hydroxyl groups is 2. The molecule has 31 heavy (non-hydrogen) atoms. The molecule has 0 atom stereocenters. The molecule has 0 radical (unpaired) electrons. The highest BCUT2D eigenvalue weighted by Crippen LogP contribution is 2.26. The summed E-state index contributed by atoms with van der Waals surface area (Å²) in [6.07, 6.45) is 11.5. The van der Waals surface area contributed by atoms with E-state index < -0.39 is 11.6 Å². The van der Waals surface area contributed by atoms with Gasteiger partial charge in [-0.05, 0) is 36.6 Å². The maximum absolute atomic E-state index is 13.9. The van der Waals surface area contributed by atoms with Crippen LogP contribution < -0.4 is 4.74 Å². The third kappa shape index (κ3) is 9.36. The molecular formula is C26H36F2O3. The molecule has 2 N–H and O–H groups in total. The number of aliphatic hydroxyl groups excluding tert-OH is 2. The van der Waals surface area contributed by atoms with E-state index in [1.165, 1.54) is 44.6 Å². The maximum atomic E-state index is 13.9. The van der Waals surface area contributed by atoms with Crippen LogP contribution in [0.15, 0.2) is 42.5 Å². The quantitative estimate of drug-likeness (QED) is 0.296. The minimum atomic E-state index is -0.841. The third-order valence-corrected chi connectivity index (χ3v) is 5.66. The van der Waals surface area contributed by atoms with Gasteiger partial charge in [0, 0.05) is 24.7 Å².